The molecule has 2 rings (SSSR count). The first-order valence-corrected chi connectivity index (χ1v) is 6.64. The molecule has 0 atom stereocenters. The van der Waals surface area contributed by atoms with Gasteiger partial charge in [0.25, 0.3) is 0 Å². The smallest absolute Gasteiger partial charge is 0.341 e. The quantitative estimate of drug-likeness (QED) is 0.846. The van der Waals surface area contributed by atoms with Crippen molar-refractivity contribution >= 4 is 11.7 Å². The van der Waals surface area contributed by atoms with Crippen LogP contribution < -0.4 is 5.32 Å². The van der Waals surface area contributed by atoms with Crippen molar-refractivity contribution in [1.82, 2.24) is 0 Å². The number of ether oxygens (including phenoxy) is 1. The number of nitrogens with one attached hydrogen (secondary N) is 1. The molecule has 0 fully saturated rings. The second-order valence-electron chi connectivity index (χ2n) is 4.58. The van der Waals surface area contributed by atoms with Gasteiger partial charge in [-0.3, -0.25) is 0 Å². The number of esters is 1. The van der Waals surface area contributed by atoms with Gasteiger partial charge in [0.2, 0.25) is 0 Å². The van der Waals surface area contributed by atoms with Crippen molar-refractivity contribution in [3.63, 3.8) is 0 Å². The lowest BCUT2D eigenvalue weighted by Gasteiger charge is -2.05. The molecule has 0 saturated carbocycles. The number of methoxy groups -OCH3 is 1. The predicted molar refractivity (Wildman–Crippen MR) is 77.9 cm³/mol. The van der Waals surface area contributed by atoms with Crippen LogP contribution >= 0.6 is 0 Å². The van der Waals surface area contributed by atoms with Crippen LogP contribution in [-0.2, 0) is 17.7 Å². The summed E-state index contributed by atoms with van der Waals surface area (Å²) in [6.07, 6.45) is 1.03. The number of hydrogen-bond donors (Lipinski definition) is 1. The van der Waals surface area contributed by atoms with E-state index in [1.165, 1.54) is 12.7 Å². The molecule has 1 aromatic carbocycles. The van der Waals surface area contributed by atoms with Crippen molar-refractivity contribution in [1.29, 1.82) is 0 Å². The molecule has 0 bridgehead atoms. The standard InChI is InChI=1S/C16H19NO3/c1-4-12-5-7-13(8-6-12)17-10-14-9-15(11(2)20-14)16(18)19-3/h5-9,17H,4,10H2,1-3H3. The molecule has 1 heterocycles. The van der Waals surface area contributed by atoms with Gasteiger partial charge < -0.3 is 14.5 Å². The molecule has 0 unspecified atom stereocenters. The zero-order valence-corrected chi connectivity index (χ0v) is 12.0. The second-order valence-corrected chi connectivity index (χ2v) is 4.58. The van der Waals surface area contributed by atoms with E-state index >= 15 is 0 Å². The molecule has 0 saturated heterocycles. The summed E-state index contributed by atoms with van der Waals surface area (Å²) in [5, 5.41) is 3.26. The Kier molecular flexibility index (Phi) is 4.45. The first-order valence-electron chi connectivity index (χ1n) is 6.64. The topological polar surface area (TPSA) is 51.5 Å². The maximum atomic E-state index is 11.5. The number of hydrogen-bond acceptors (Lipinski definition) is 4. The van der Waals surface area contributed by atoms with Crippen LogP contribution in [0.5, 0.6) is 0 Å². The zero-order valence-electron chi connectivity index (χ0n) is 12.0. The summed E-state index contributed by atoms with van der Waals surface area (Å²) >= 11 is 0. The number of carbonyl (C=O) groups is 1. The highest BCUT2D eigenvalue weighted by Gasteiger charge is 2.14. The summed E-state index contributed by atoms with van der Waals surface area (Å²) in [5.74, 6) is 0.919. The van der Waals surface area contributed by atoms with Gasteiger partial charge in [-0.25, -0.2) is 4.79 Å². The van der Waals surface area contributed by atoms with Gasteiger partial charge in [-0.2, -0.15) is 0 Å². The normalized spacial score (nSPS) is 10.3. The van der Waals surface area contributed by atoms with Crippen LogP contribution in [0.1, 0.15) is 34.4 Å². The third-order valence-electron chi connectivity index (χ3n) is 3.20. The second kappa shape index (κ2) is 6.28. The van der Waals surface area contributed by atoms with Crippen LogP contribution in [0.4, 0.5) is 5.69 Å². The Balaban J connectivity index is 2.01. The molecule has 20 heavy (non-hydrogen) atoms. The Morgan fingerprint density at radius 2 is 2.00 bits per heavy atom. The van der Waals surface area contributed by atoms with E-state index in [2.05, 4.69) is 24.4 Å². The van der Waals surface area contributed by atoms with Gasteiger partial charge in [0.05, 0.1) is 13.7 Å². The van der Waals surface area contributed by atoms with Gasteiger partial charge >= 0.3 is 5.97 Å². The fourth-order valence-electron chi connectivity index (χ4n) is 1.99. The highest BCUT2D eigenvalue weighted by atomic mass is 16.5. The lowest BCUT2D eigenvalue weighted by molar-refractivity contribution is 0.0599. The molecule has 106 valence electrons. The monoisotopic (exact) mass is 273 g/mol. The minimum absolute atomic E-state index is 0.371. The molecule has 0 aliphatic heterocycles. The Labute approximate surface area is 118 Å². The Hall–Kier alpha value is -2.23. The van der Waals surface area contributed by atoms with E-state index in [4.69, 9.17) is 9.15 Å². The van der Waals surface area contributed by atoms with Crippen LogP contribution in [0.2, 0.25) is 0 Å². The molecular weight excluding hydrogens is 254 g/mol. The third-order valence-corrected chi connectivity index (χ3v) is 3.20. The van der Waals surface area contributed by atoms with E-state index in [0.29, 0.717) is 23.6 Å². The van der Waals surface area contributed by atoms with Crippen LogP contribution in [0.25, 0.3) is 0 Å². The summed E-state index contributed by atoms with van der Waals surface area (Å²) in [5.41, 5.74) is 2.80. The van der Waals surface area contributed by atoms with E-state index in [1.807, 2.05) is 12.1 Å². The molecule has 4 nitrogen and oxygen atoms in total. The van der Waals surface area contributed by atoms with Gasteiger partial charge in [-0.05, 0) is 37.1 Å². The average Bonchev–Trinajstić information content (AvgIpc) is 2.86. The average molecular weight is 273 g/mol. The molecule has 4 heteroatoms. The summed E-state index contributed by atoms with van der Waals surface area (Å²) in [4.78, 5) is 11.5. The van der Waals surface area contributed by atoms with Gasteiger partial charge in [0.15, 0.2) is 0 Å². The van der Waals surface area contributed by atoms with Crippen LogP contribution in [0, 0.1) is 6.92 Å². The number of rotatable bonds is 5. The summed E-state index contributed by atoms with van der Waals surface area (Å²) in [6, 6.07) is 9.98. The fraction of sp³-hybridized carbons (Fsp3) is 0.312. The van der Waals surface area contributed by atoms with Crippen molar-refractivity contribution in [3.05, 3.63) is 53.0 Å². The molecular formula is C16H19NO3. The van der Waals surface area contributed by atoms with E-state index in [-0.39, 0.29) is 5.97 Å². The number of carbonyl (C=O) groups excluding carboxylic acids is 1. The number of aryl methyl sites for hydroxylation is 2. The highest BCUT2D eigenvalue weighted by Crippen LogP contribution is 2.17. The molecule has 1 N–H and O–H groups in total. The molecule has 0 aliphatic carbocycles. The van der Waals surface area contributed by atoms with Crippen molar-refractivity contribution < 1.29 is 13.9 Å². The van der Waals surface area contributed by atoms with Gasteiger partial charge in [0.1, 0.15) is 17.1 Å². The third kappa shape index (κ3) is 3.20. The van der Waals surface area contributed by atoms with Crippen molar-refractivity contribution in [2.24, 2.45) is 0 Å². The summed E-state index contributed by atoms with van der Waals surface area (Å²) in [7, 11) is 1.36. The molecule has 0 aliphatic rings. The maximum absolute atomic E-state index is 11.5. The summed E-state index contributed by atoms with van der Waals surface area (Å²) < 4.78 is 10.2. The SMILES string of the molecule is CCc1ccc(NCc2cc(C(=O)OC)c(C)o2)cc1. The van der Waals surface area contributed by atoms with Gasteiger partial charge in [-0.15, -0.1) is 0 Å². The van der Waals surface area contributed by atoms with Crippen molar-refractivity contribution in [3.8, 4) is 0 Å². The van der Waals surface area contributed by atoms with E-state index in [9.17, 15) is 4.79 Å². The number of furan rings is 1. The Morgan fingerprint density at radius 3 is 2.60 bits per heavy atom. The van der Waals surface area contributed by atoms with E-state index < -0.39 is 0 Å². The lowest BCUT2D eigenvalue weighted by atomic mass is 10.1. The van der Waals surface area contributed by atoms with E-state index in [0.717, 1.165) is 12.1 Å². The minimum Gasteiger partial charge on any atom is -0.465 e. The predicted octanol–water partition coefficient (Wildman–Crippen LogP) is 3.55. The number of benzene rings is 1. The Morgan fingerprint density at radius 1 is 1.30 bits per heavy atom. The first-order chi connectivity index (χ1) is 9.63. The lowest BCUT2D eigenvalue weighted by Crippen LogP contribution is -2.01. The maximum Gasteiger partial charge on any atom is 0.341 e. The van der Waals surface area contributed by atoms with Gasteiger partial charge in [-0.1, -0.05) is 19.1 Å². The minimum atomic E-state index is -0.371. The molecule has 0 spiro atoms. The molecule has 0 radical (unpaired) electrons. The van der Waals surface area contributed by atoms with Crippen LogP contribution in [0.15, 0.2) is 34.7 Å². The highest BCUT2D eigenvalue weighted by molar-refractivity contribution is 5.90. The number of anilines is 1. The first kappa shape index (κ1) is 14.2. The van der Waals surface area contributed by atoms with Crippen molar-refractivity contribution in [2.45, 2.75) is 26.8 Å². The summed E-state index contributed by atoms with van der Waals surface area (Å²) in [6.45, 7) is 4.41. The molecule has 0 amide bonds. The fourth-order valence-corrected chi connectivity index (χ4v) is 1.99. The van der Waals surface area contributed by atoms with Crippen LogP contribution in [0.3, 0.4) is 0 Å². The van der Waals surface area contributed by atoms with E-state index in [1.54, 1.807) is 13.0 Å². The zero-order chi connectivity index (χ0) is 14.5. The molecule has 2 aromatic rings. The van der Waals surface area contributed by atoms with Crippen LogP contribution in [-0.4, -0.2) is 13.1 Å². The van der Waals surface area contributed by atoms with Gasteiger partial charge in [0, 0.05) is 5.69 Å². The largest absolute Gasteiger partial charge is 0.465 e. The Bertz CT molecular complexity index is 584. The van der Waals surface area contributed by atoms with Crippen molar-refractivity contribution in [2.75, 3.05) is 12.4 Å². The molecule has 1 aromatic heterocycles.